The number of phosphoric ester groups is 2. The highest BCUT2D eigenvalue weighted by molar-refractivity contribution is 7.47. The number of ether oxygens (including phenoxy) is 4. The van der Waals surface area contributed by atoms with Gasteiger partial charge in [0.1, 0.15) is 19.3 Å². The normalized spacial score (nSPS) is 14.5. The van der Waals surface area contributed by atoms with Crippen LogP contribution in [0.2, 0.25) is 0 Å². The monoisotopic (exact) mass is 1180 g/mol. The van der Waals surface area contributed by atoms with Gasteiger partial charge in [-0.15, -0.1) is 0 Å². The second kappa shape index (κ2) is 52.6. The van der Waals surface area contributed by atoms with E-state index < -0.39 is 97.5 Å². The Morgan fingerprint density at radius 1 is 0.338 bits per heavy atom. The fraction of sp³-hybridized carbons (Fsp3) is 0.934. The molecule has 0 spiro atoms. The van der Waals surface area contributed by atoms with Crippen LogP contribution in [0.3, 0.4) is 0 Å². The molecule has 0 radical (unpaired) electrons. The van der Waals surface area contributed by atoms with Crippen molar-refractivity contribution in [1.29, 1.82) is 0 Å². The quantitative estimate of drug-likeness (QED) is 0.0222. The molecule has 0 bridgehead atoms. The van der Waals surface area contributed by atoms with Gasteiger partial charge in [-0.3, -0.25) is 37.3 Å². The first-order valence-electron chi connectivity index (χ1n) is 31.8. The second-order valence-corrected chi connectivity index (χ2v) is 26.4. The van der Waals surface area contributed by atoms with Gasteiger partial charge in [0.25, 0.3) is 0 Å². The zero-order valence-corrected chi connectivity index (χ0v) is 53.3. The van der Waals surface area contributed by atoms with Crippen molar-refractivity contribution in [1.82, 2.24) is 0 Å². The number of carbonyl (C=O) groups is 4. The molecule has 17 nitrogen and oxygen atoms in total. The highest BCUT2D eigenvalue weighted by atomic mass is 31.2. The van der Waals surface area contributed by atoms with E-state index in [4.69, 9.17) is 37.0 Å². The van der Waals surface area contributed by atoms with Crippen LogP contribution in [0.1, 0.15) is 292 Å². The molecule has 3 N–H and O–H groups in total. The lowest BCUT2D eigenvalue weighted by Gasteiger charge is -2.21. The molecule has 0 aliphatic carbocycles. The number of hydrogen-bond acceptors (Lipinski definition) is 15. The number of unbranched alkanes of at least 4 members (excludes halogenated alkanes) is 27. The van der Waals surface area contributed by atoms with Crippen molar-refractivity contribution in [3.8, 4) is 0 Å². The van der Waals surface area contributed by atoms with Gasteiger partial charge in [0.05, 0.1) is 26.4 Å². The van der Waals surface area contributed by atoms with E-state index in [2.05, 4.69) is 48.5 Å². The van der Waals surface area contributed by atoms with Crippen molar-refractivity contribution in [2.75, 3.05) is 39.6 Å². The smallest absolute Gasteiger partial charge is 0.462 e. The maximum atomic E-state index is 12.9. The average Bonchev–Trinajstić information content (AvgIpc) is 3.40. The molecule has 0 rings (SSSR count). The molecule has 80 heavy (non-hydrogen) atoms. The molecule has 0 saturated carbocycles. The Balaban J connectivity index is 5.24. The van der Waals surface area contributed by atoms with Gasteiger partial charge in [0.15, 0.2) is 12.2 Å². The van der Waals surface area contributed by atoms with Crippen molar-refractivity contribution in [3.05, 3.63) is 0 Å². The summed E-state index contributed by atoms with van der Waals surface area (Å²) in [5.41, 5.74) is 0. The summed E-state index contributed by atoms with van der Waals surface area (Å²) < 4.78 is 67.8. The summed E-state index contributed by atoms with van der Waals surface area (Å²) in [6.07, 6.45) is 32.3. The van der Waals surface area contributed by atoms with E-state index in [1.165, 1.54) is 96.3 Å². The molecular formula is C61H118O17P2. The van der Waals surface area contributed by atoms with E-state index in [9.17, 15) is 43.2 Å². The Hall–Kier alpha value is -1.94. The van der Waals surface area contributed by atoms with Crippen LogP contribution in [0.4, 0.5) is 0 Å². The maximum absolute atomic E-state index is 12.9. The van der Waals surface area contributed by atoms with Crippen LogP contribution in [0.25, 0.3) is 0 Å². The molecule has 0 heterocycles. The first kappa shape index (κ1) is 78.1. The van der Waals surface area contributed by atoms with Crippen molar-refractivity contribution in [2.45, 2.75) is 311 Å². The number of esters is 4. The van der Waals surface area contributed by atoms with E-state index in [1.807, 2.05) is 0 Å². The third-order valence-electron chi connectivity index (χ3n) is 13.9. The fourth-order valence-electron chi connectivity index (χ4n) is 8.95. The van der Waals surface area contributed by atoms with E-state index >= 15 is 0 Å². The van der Waals surface area contributed by atoms with Crippen LogP contribution < -0.4 is 0 Å². The van der Waals surface area contributed by atoms with Crippen LogP contribution in [0, 0.1) is 17.8 Å². The third-order valence-corrected chi connectivity index (χ3v) is 15.8. The lowest BCUT2D eigenvalue weighted by Crippen LogP contribution is -2.30. The van der Waals surface area contributed by atoms with E-state index in [-0.39, 0.29) is 25.7 Å². The Morgan fingerprint density at radius 3 is 0.850 bits per heavy atom. The number of carbonyl (C=O) groups excluding carboxylic acids is 4. The minimum Gasteiger partial charge on any atom is -0.462 e. The molecule has 0 aromatic rings. The Bertz CT molecular complexity index is 1600. The topological polar surface area (TPSA) is 237 Å². The molecule has 0 saturated heterocycles. The van der Waals surface area contributed by atoms with Gasteiger partial charge in [-0.2, -0.15) is 0 Å². The van der Waals surface area contributed by atoms with Gasteiger partial charge in [-0.1, -0.05) is 241 Å². The number of rotatable bonds is 59. The first-order chi connectivity index (χ1) is 38.2. The van der Waals surface area contributed by atoms with Gasteiger partial charge in [0, 0.05) is 25.7 Å². The standard InChI is InChI=1S/C61H118O17P2/c1-8-9-10-11-12-13-21-28-35-42-58(63)71-48-57(78-61(66)45-38-31-24-17-20-27-34-41-54(6)7)51-76-80(69,70)74-47-55(62)46-73-79(67,68)75-50-56(49-72-59(64)43-36-29-23-16-19-26-33-40-53(4)5)77-60(65)44-37-30-22-15-14-18-25-32-39-52(2)3/h52-57,62H,8-51H2,1-7H3,(H,67,68)(H,69,70)/t55-,56-,57-/m1/s1. The molecule has 0 aromatic heterocycles. The predicted octanol–water partition coefficient (Wildman–Crippen LogP) is 16.3. The minimum atomic E-state index is -4.94. The van der Waals surface area contributed by atoms with Crippen LogP contribution in [-0.4, -0.2) is 96.7 Å². The molecular weight excluding hydrogens is 1070 g/mol. The summed E-state index contributed by atoms with van der Waals surface area (Å²) in [5, 5.41) is 10.5. The Kier molecular flexibility index (Phi) is 51.3. The van der Waals surface area contributed by atoms with Crippen molar-refractivity contribution in [2.24, 2.45) is 17.8 Å². The lowest BCUT2D eigenvalue weighted by atomic mass is 10.0. The molecule has 0 aliphatic heterocycles. The zero-order valence-electron chi connectivity index (χ0n) is 51.5. The Morgan fingerprint density at radius 2 is 0.575 bits per heavy atom. The first-order valence-corrected chi connectivity index (χ1v) is 34.8. The average molecular weight is 1190 g/mol. The third kappa shape index (κ3) is 55.3. The summed E-state index contributed by atoms with van der Waals surface area (Å²) >= 11 is 0. The van der Waals surface area contributed by atoms with E-state index in [0.29, 0.717) is 37.5 Å². The van der Waals surface area contributed by atoms with Gasteiger partial charge in [-0.25, -0.2) is 9.13 Å². The molecule has 0 amide bonds. The highest BCUT2D eigenvalue weighted by Crippen LogP contribution is 2.45. The van der Waals surface area contributed by atoms with Gasteiger partial charge in [0.2, 0.25) is 0 Å². The molecule has 474 valence electrons. The van der Waals surface area contributed by atoms with E-state index in [0.717, 1.165) is 102 Å². The number of hydrogen-bond donors (Lipinski definition) is 3. The SMILES string of the molecule is CCCCCCCCCCCC(=O)OC[C@H](COP(=O)(O)OC[C@H](O)COP(=O)(O)OC[C@@H](COC(=O)CCCCCCCCCC(C)C)OC(=O)CCCCCCCCCCC(C)C)OC(=O)CCCCCCCCCC(C)C. The predicted molar refractivity (Wildman–Crippen MR) is 317 cm³/mol. The number of phosphoric acid groups is 2. The fourth-order valence-corrected chi connectivity index (χ4v) is 10.5. The lowest BCUT2D eigenvalue weighted by molar-refractivity contribution is -0.161. The second-order valence-electron chi connectivity index (χ2n) is 23.5. The Labute approximate surface area is 486 Å². The van der Waals surface area contributed by atoms with Gasteiger partial charge < -0.3 is 33.8 Å². The molecule has 0 fully saturated rings. The highest BCUT2D eigenvalue weighted by Gasteiger charge is 2.30. The van der Waals surface area contributed by atoms with Crippen molar-refractivity contribution < 1.29 is 80.2 Å². The summed E-state index contributed by atoms with van der Waals surface area (Å²) in [7, 11) is -9.88. The van der Waals surface area contributed by atoms with Crippen molar-refractivity contribution in [3.63, 3.8) is 0 Å². The van der Waals surface area contributed by atoms with Crippen molar-refractivity contribution >= 4 is 39.5 Å². The van der Waals surface area contributed by atoms with Crippen LogP contribution in [-0.2, 0) is 65.4 Å². The number of aliphatic hydroxyl groups is 1. The molecule has 0 aromatic carbocycles. The van der Waals surface area contributed by atoms with Gasteiger partial charge in [-0.05, 0) is 43.4 Å². The van der Waals surface area contributed by atoms with E-state index in [1.54, 1.807) is 0 Å². The maximum Gasteiger partial charge on any atom is 0.472 e. The summed E-state index contributed by atoms with van der Waals surface area (Å²) in [6, 6.07) is 0. The largest absolute Gasteiger partial charge is 0.472 e. The number of aliphatic hydroxyl groups excluding tert-OH is 1. The summed E-state index contributed by atoms with van der Waals surface area (Å²) in [5.74, 6) is -0.0258. The molecule has 0 aliphatic rings. The summed E-state index contributed by atoms with van der Waals surface area (Å²) in [6.45, 7) is 11.6. The van der Waals surface area contributed by atoms with Crippen LogP contribution in [0.15, 0.2) is 0 Å². The molecule has 2 unspecified atom stereocenters. The van der Waals surface area contributed by atoms with Crippen LogP contribution >= 0.6 is 15.6 Å². The molecule has 19 heteroatoms. The van der Waals surface area contributed by atoms with Crippen LogP contribution in [0.5, 0.6) is 0 Å². The molecule has 5 atom stereocenters. The summed E-state index contributed by atoms with van der Waals surface area (Å²) in [4.78, 5) is 72.0. The van der Waals surface area contributed by atoms with Gasteiger partial charge >= 0.3 is 39.5 Å². The zero-order chi connectivity index (χ0) is 59.5. The minimum absolute atomic E-state index is 0.103.